The van der Waals surface area contributed by atoms with Crippen LogP contribution >= 0.6 is 11.3 Å². The van der Waals surface area contributed by atoms with Gasteiger partial charge in [0.15, 0.2) is 0 Å². The fourth-order valence-corrected chi connectivity index (χ4v) is 4.73. The van der Waals surface area contributed by atoms with E-state index in [0.717, 1.165) is 34.6 Å². The van der Waals surface area contributed by atoms with Crippen molar-refractivity contribution in [2.45, 2.75) is 60.3 Å². The summed E-state index contributed by atoms with van der Waals surface area (Å²) in [6.07, 6.45) is 6.09. The summed E-state index contributed by atoms with van der Waals surface area (Å²) in [4.78, 5) is 20.8. The van der Waals surface area contributed by atoms with Crippen LogP contribution in [0.1, 0.15) is 72.5 Å². The van der Waals surface area contributed by atoms with Crippen molar-refractivity contribution in [3.63, 3.8) is 0 Å². The van der Waals surface area contributed by atoms with Gasteiger partial charge in [-0.1, -0.05) is 57.5 Å². The zero-order valence-electron chi connectivity index (χ0n) is 19.2. The van der Waals surface area contributed by atoms with Crippen LogP contribution in [0.25, 0.3) is 5.57 Å². The number of carbonyl (C=O) groups is 1. The van der Waals surface area contributed by atoms with Crippen LogP contribution in [0.4, 0.5) is 5.00 Å². The van der Waals surface area contributed by atoms with Crippen molar-refractivity contribution in [3.05, 3.63) is 57.5 Å². The molecule has 162 valence electrons. The lowest BCUT2D eigenvalue weighted by atomic mass is 9.89. The Balaban J connectivity index is 0.000000318. The van der Waals surface area contributed by atoms with Crippen molar-refractivity contribution in [1.29, 1.82) is 0 Å². The van der Waals surface area contributed by atoms with E-state index >= 15 is 0 Å². The lowest BCUT2D eigenvalue weighted by molar-refractivity contribution is 0.100. The molecule has 5 heteroatoms. The molecule has 0 saturated heterocycles. The molecule has 0 atom stereocenters. The molecule has 2 aromatic rings. The first-order valence-electron chi connectivity index (χ1n) is 10.6. The molecule has 0 radical (unpaired) electrons. The fraction of sp³-hybridized carbons (Fsp3) is 0.400. The minimum Gasteiger partial charge on any atom is -0.365 e. The number of hydrogen-bond donors (Lipinski definition) is 1. The molecule has 0 spiro atoms. The Morgan fingerprint density at radius 2 is 1.93 bits per heavy atom. The lowest BCUT2D eigenvalue weighted by Crippen LogP contribution is -2.17. The SMILES string of the molecule is C=Nc1sc2c(c1C(N)=O)CCC(=NC)/C2=C\C.CC.CCCc1ccccc1C. The van der Waals surface area contributed by atoms with Crippen LogP contribution in [0.15, 0.2) is 40.3 Å². The third-order valence-electron chi connectivity index (χ3n) is 4.88. The van der Waals surface area contributed by atoms with Crippen LogP contribution in [0.3, 0.4) is 0 Å². The lowest BCUT2D eigenvalue weighted by Gasteiger charge is -2.17. The molecule has 2 N–H and O–H groups in total. The van der Waals surface area contributed by atoms with Gasteiger partial charge < -0.3 is 5.73 Å². The second-order valence-corrected chi connectivity index (χ2v) is 7.66. The van der Waals surface area contributed by atoms with Crippen LogP contribution in [-0.4, -0.2) is 25.4 Å². The van der Waals surface area contributed by atoms with Crippen molar-refractivity contribution in [2.75, 3.05) is 7.05 Å². The third kappa shape index (κ3) is 5.99. The predicted octanol–water partition coefficient (Wildman–Crippen LogP) is 6.57. The number of aliphatic imine (C=N–C) groups is 2. The third-order valence-corrected chi connectivity index (χ3v) is 6.08. The van der Waals surface area contributed by atoms with Gasteiger partial charge in [0, 0.05) is 23.2 Å². The van der Waals surface area contributed by atoms with Crippen molar-refractivity contribution in [2.24, 2.45) is 15.7 Å². The second-order valence-electron chi connectivity index (χ2n) is 6.66. The number of rotatable bonds is 4. The van der Waals surface area contributed by atoms with Gasteiger partial charge in [-0.05, 0) is 56.5 Å². The fourth-order valence-electron chi connectivity index (χ4n) is 3.47. The van der Waals surface area contributed by atoms with Crippen LogP contribution in [0.2, 0.25) is 0 Å². The van der Waals surface area contributed by atoms with Gasteiger partial charge in [-0.15, -0.1) is 11.3 Å². The van der Waals surface area contributed by atoms with Gasteiger partial charge >= 0.3 is 0 Å². The zero-order chi connectivity index (χ0) is 22.7. The molecule has 0 saturated carbocycles. The number of benzene rings is 1. The topological polar surface area (TPSA) is 67.8 Å². The Morgan fingerprint density at radius 3 is 2.43 bits per heavy atom. The molecule has 1 heterocycles. The number of aryl methyl sites for hydroxylation is 2. The Hall–Kier alpha value is -2.53. The first kappa shape index (κ1) is 25.5. The molecular formula is C25H35N3OS. The zero-order valence-corrected chi connectivity index (χ0v) is 20.0. The summed E-state index contributed by atoms with van der Waals surface area (Å²) in [5.74, 6) is -0.428. The van der Waals surface area contributed by atoms with Gasteiger partial charge in [0.05, 0.1) is 5.56 Å². The van der Waals surface area contributed by atoms with E-state index in [0.29, 0.717) is 10.6 Å². The summed E-state index contributed by atoms with van der Waals surface area (Å²) < 4.78 is 0. The highest BCUT2D eigenvalue weighted by molar-refractivity contribution is 7.18. The number of thiophene rings is 1. The number of nitrogens with zero attached hydrogens (tertiary/aromatic N) is 2. The minimum atomic E-state index is -0.428. The average Bonchev–Trinajstić information content (AvgIpc) is 3.15. The number of carbonyl (C=O) groups excluding carboxylic acids is 1. The monoisotopic (exact) mass is 425 g/mol. The number of amides is 1. The van der Waals surface area contributed by atoms with Crippen molar-refractivity contribution in [1.82, 2.24) is 0 Å². The maximum absolute atomic E-state index is 11.6. The molecule has 4 nitrogen and oxygen atoms in total. The largest absolute Gasteiger partial charge is 0.365 e. The van der Waals surface area contributed by atoms with E-state index < -0.39 is 5.91 Å². The maximum atomic E-state index is 11.6. The molecule has 0 fully saturated rings. The molecule has 1 aliphatic carbocycles. The smallest absolute Gasteiger partial charge is 0.252 e. The molecule has 1 amide bonds. The van der Waals surface area contributed by atoms with Gasteiger partial charge in [0.25, 0.3) is 5.91 Å². The van der Waals surface area contributed by atoms with Crippen LogP contribution in [0, 0.1) is 6.92 Å². The van der Waals surface area contributed by atoms with Crippen LogP contribution < -0.4 is 5.73 Å². The van der Waals surface area contributed by atoms with Gasteiger partial charge in [-0.3, -0.25) is 14.8 Å². The predicted molar refractivity (Wildman–Crippen MR) is 134 cm³/mol. The first-order valence-corrected chi connectivity index (χ1v) is 11.4. The number of fused-ring (bicyclic) bond motifs is 1. The average molecular weight is 426 g/mol. The minimum absolute atomic E-state index is 0.428. The molecule has 1 aliphatic rings. The number of hydrogen-bond acceptors (Lipinski definition) is 4. The molecule has 3 rings (SSSR count). The molecule has 1 aromatic heterocycles. The highest BCUT2D eigenvalue weighted by Gasteiger charge is 2.28. The van der Waals surface area contributed by atoms with E-state index in [-0.39, 0.29) is 0 Å². The summed E-state index contributed by atoms with van der Waals surface area (Å²) in [6, 6.07) is 8.58. The van der Waals surface area contributed by atoms with Crippen molar-refractivity contribution in [3.8, 4) is 0 Å². The normalized spacial score (nSPS) is 14.9. The molecule has 30 heavy (non-hydrogen) atoms. The van der Waals surface area contributed by atoms with E-state index in [1.807, 2.05) is 26.8 Å². The van der Waals surface area contributed by atoms with Crippen LogP contribution in [0.5, 0.6) is 0 Å². The Kier molecular flexibility index (Phi) is 11.0. The Labute approximate surface area is 185 Å². The maximum Gasteiger partial charge on any atom is 0.252 e. The van der Waals surface area contributed by atoms with E-state index in [9.17, 15) is 4.79 Å². The molecule has 0 unspecified atom stereocenters. The quantitative estimate of drug-likeness (QED) is 0.553. The van der Waals surface area contributed by atoms with Crippen LogP contribution in [-0.2, 0) is 12.8 Å². The number of allylic oxidation sites excluding steroid dienone is 2. The summed E-state index contributed by atoms with van der Waals surface area (Å²) in [7, 11) is 1.79. The summed E-state index contributed by atoms with van der Waals surface area (Å²) in [5, 5.41) is 0.615. The van der Waals surface area contributed by atoms with Gasteiger partial charge in [0.2, 0.25) is 0 Å². The number of nitrogens with two attached hydrogens (primary N) is 1. The number of primary amides is 1. The highest BCUT2D eigenvalue weighted by atomic mass is 32.1. The van der Waals surface area contributed by atoms with E-state index in [1.165, 1.54) is 35.3 Å². The summed E-state index contributed by atoms with van der Waals surface area (Å²) >= 11 is 1.46. The molecule has 1 aromatic carbocycles. The summed E-state index contributed by atoms with van der Waals surface area (Å²) in [5.41, 5.74) is 12.0. The Morgan fingerprint density at radius 1 is 1.27 bits per heavy atom. The highest BCUT2D eigenvalue weighted by Crippen LogP contribution is 2.43. The van der Waals surface area contributed by atoms with Gasteiger partial charge in [0.1, 0.15) is 5.00 Å². The van der Waals surface area contributed by atoms with Crippen molar-refractivity contribution < 1.29 is 4.79 Å². The Bertz CT molecular complexity index is 922. The van der Waals surface area contributed by atoms with Crippen molar-refractivity contribution >= 4 is 40.2 Å². The molecular weight excluding hydrogens is 390 g/mol. The van der Waals surface area contributed by atoms with E-state index in [2.05, 4.69) is 54.8 Å². The molecule has 0 aliphatic heterocycles. The van der Waals surface area contributed by atoms with E-state index in [4.69, 9.17) is 5.73 Å². The standard InChI is InChI=1S/C13H15N3OS.C10H14.C2H6/c1-4-7-9(15-2)6-5-8-10(12(14)17)13(16-3)18-11(7)8;1-3-6-10-8-5-4-7-9(10)2;1-2/h4H,3,5-6H2,1-2H3,(H2,14,17);4-5,7-8H,3,6H2,1-2H3;1-2H3/b7-4+,15-9?;;. The first-order chi connectivity index (χ1) is 14.5. The van der Waals surface area contributed by atoms with Gasteiger partial charge in [-0.25, -0.2) is 0 Å². The van der Waals surface area contributed by atoms with E-state index in [1.54, 1.807) is 7.05 Å². The second kappa shape index (κ2) is 12.9. The summed E-state index contributed by atoms with van der Waals surface area (Å²) in [6.45, 7) is 13.9. The van der Waals surface area contributed by atoms with Gasteiger partial charge in [-0.2, -0.15) is 0 Å². The molecule has 0 bridgehead atoms.